The molecule has 2 heterocycles. The molecule has 0 saturated carbocycles. The summed E-state index contributed by atoms with van der Waals surface area (Å²) in [5.74, 6) is 2.47. The highest BCUT2D eigenvalue weighted by Gasteiger charge is 2.12. The van der Waals surface area contributed by atoms with Crippen LogP contribution in [0.1, 0.15) is 36.8 Å². The number of thiazole rings is 1. The molecule has 0 amide bonds. The van der Waals surface area contributed by atoms with Gasteiger partial charge in [0.15, 0.2) is 11.1 Å². The number of hydrogen-bond acceptors (Lipinski definition) is 6. The van der Waals surface area contributed by atoms with Crippen molar-refractivity contribution in [2.24, 2.45) is 10.9 Å². The molecule has 0 spiro atoms. The quantitative estimate of drug-likeness (QED) is 0.159. The number of aryl methyl sites for hydroxylation is 2. The summed E-state index contributed by atoms with van der Waals surface area (Å²) in [6.45, 7) is 9.11. The third kappa shape index (κ3) is 8.24. The second kappa shape index (κ2) is 13.4. The minimum atomic E-state index is 0. The average molecular weight is 538 g/mol. The van der Waals surface area contributed by atoms with E-state index >= 15 is 0 Å². The van der Waals surface area contributed by atoms with Crippen molar-refractivity contribution < 1.29 is 0 Å². The van der Waals surface area contributed by atoms with Crippen LogP contribution in [0, 0.1) is 12.8 Å². The molecular formula is C18H32IN7S2. The van der Waals surface area contributed by atoms with Gasteiger partial charge < -0.3 is 15.2 Å². The van der Waals surface area contributed by atoms with Crippen LogP contribution in [-0.4, -0.2) is 52.1 Å². The van der Waals surface area contributed by atoms with Crippen molar-refractivity contribution >= 4 is 53.0 Å². The summed E-state index contributed by atoms with van der Waals surface area (Å²) in [6.07, 6.45) is 4.84. The molecule has 0 unspecified atom stereocenters. The molecule has 28 heavy (non-hydrogen) atoms. The fraction of sp³-hybridized carbons (Fsp3) is 0.667. The topological polar surface area (TPSA) is 80.0 Å². The van der Waals surface area contributed by atoms with Crippen LogP contribution in [0.4, 0.5) is 0 Å². The lowest BCUT2D eigenvalue weighted by Gasteiger charge is -2.13. The van der Waals surface area contributed by atoms with Crippen LogP contribution in [0.15, 0.2) is 15.5 Å². The Balaban J connectivity index is 0.00000392. The normalized spacial score (nSPS) is 11.6. The zero-order chi connectivity index (χ0) is 19.6. The molecule has 0 bridgehead atoms. The molecule has 0 aliphatic rings. The molecule has 158 valence electrons. The van der Waals surface area contributed by atoms with Gasteiger partial charge in [-0.05, 0) is 25.5 Å². The van der Waals surface area contributed by atoms with Crippen molar-refractivity contribution in [3.63, 3.8) is 0 Å². The Bertz CT molecular complexity index is 727. The standard InChI is InChI=1S/C18H31N7S2.HI/c1-13(2)11-25-16(23-24-18(25)26-5)7-6-9-20-17(19-4)21-10-8-15-12-27-14(3)22-15;/h12-13H,6-11H2,1-5H3,(H2,19,20,21);1H. The van der Waals surface area contributed by atoms with E-state index in [0.29, 0.717) is 5.92 Å². The van der Waals surface area contributed by atoms with E-state index in [9.17, 15) is 0 Å². The first-order valence-electron chi connectivity index (χ1n) is 9.35. The van der Waals surface area contributed by atoms with Crippen molar-refractivity contribution in [1.29, 1.82) is 0 Å². The predicted octanol–water partition coefficient (Wildman–Crippen LogP) is 3.38. The van der Waals surface area contributed by atoms with Gasteiger partial charge >= 0.3 is 0 Å². The van der Waals surface area contributed by atoms with Crippen molar-refractivity contribution in [3.8, 4) is 0 Å². The number of thioether (sulfide) groups is 1. The third-order valence-electron chi connectivity index (χ3n) is 3.96. The molecule has 0 fully saturated rings. The smallest absolute Gasteiger partial charge is 0.190 e. The Kier molecular flexibility index (Phi) is 12.0. The number of nitrogens with one attached hydrogen (secondary N) is 2. The number of aromatic nitrogens is 4. The van der Waals surface area contributed by atoms with Gasteiger partial charge in [-0.2, -0.15) is 0 Å². The molecule has 2 aromatic rings. The molecule has 0 radical (unpaired) electrons. The number of rotatable bonds is 10. The maximum atomic E-state index is 4.48. The zero-order valence-corrected chi connectivity index (χ0v) is 21.3. The number of hydrogen-bond donors (Lipinski definition) is 2. The Morgan fingerprint density at radius 2 is 2.00 bits per heavy atom. The Morgan fingerprint density at radius 1 is 1.25 bits per heavy atom. The lowest BCUT2D eigenvalue weighted by atomic mass is 10.2. The fourth-order valence-corrected chi connectivity index (χ4v) is 3.88. The molecule has 0 aromatic carbocycles. The van der Waals surface area contributed by atoms with E-state index in [1.807, 2.05) is 6.92 Å². The molecule has 2 rings (SSSR count). The van der Waals surface area contributed by atoms with E-state index in [2.05, 4.69) is 60.9 Å². The average Bonchev–Trinajstić information content (AvgIpc) is 3.22. The highest BCUT2D eigenvalue weighted by Crippen LogP contribution is 2.16. The van der Waals surface area contributed by atoms with Gasteiger partial charge in [0.25, 0.3) is 0 Å². The summed E-state index contributed by atoms with van der Waals surface area (Å²) >= 11 is 3.35. The van der Waals surface area contributed by atoms with Gasteiger partial charge in [0.1, 0.15) is 5.82 Å². The fourth-order valence-electron chi connectivity index (χ4n) is 2.71. The van der Waals surface area contributed by atoms with Gasteiger partial charge in [0, 0.05) is 44.9 Å². The van der Waals surface area contributed by atoms with Gasteiger partial charge in [-0.25, -0.2) is 4.98 Å². The first-order chi connectivity index (χ1) is 13.0. The van der Waals surface area contributed by atoms with Crippen LogP contribution in [0.25, 0.3) is 0 Å². The summed E-state index contributed by atoms with van der Waals surface area (Å²) in [4.78, 5) is 8.76. The monoisotopic (exact) mass is 537 g/mol. The minimum Gasteiger partial charge on any atom is -0.356 e. The van der Waals surface area contributed by atoms with E-state index in [-0.39, 0.29) is 24.0 Å². The molecule has 7 nitrogen and oxygen atoms in total. The van der Waals surface area contributed by atoms with Crippen molar-refractivity contribution in [2.75, 3.05) is 26.4 Å². The number of aliphatic imine (C=N–C) groups is 1. The highest BCUT2D eigenvalue weighted by atomic mass is 127. The molecular weight excluding hydrogens is 505 g/mol. The molecule has 0 aliphatic carbocycles. The van der Waals surface area contributed by atoms with Crippen LogP contribution in [-0.2, 0) is 19.4 Å². The van der Waals surface area contributed by atoms with E-state index in [0.717, 1.165) is 66.5 Å². The number of nitrogens with zero attached hydrogens (tertiary/aromatic N) is 5. The van der Waals surface area contributed by atoms with Crippen molar-refractivity contribution in [2.45, 2.75) is 51.7 Å². The lowest BCUT2D eigenvalue weighted by Crippen LogP contribution is -2.38. The molecule has 0 saturated heterocycles. The third-order valence-corrected chi connectivity index (χ3v) is 5.45. The van der Waals surface area contributed by atoms with Crippen LogP contribution in [0.3, 0.4) is 0 Å². The SMILES string of the molecule is CN=C(NCCCc1nnc(SC)n1CC(C)C)NCCc1csc(C)n1.I. The maximum absolute atomic E-state index is 4.48. The summed E-state index contributed by atoms with van der Waals surface area (Å²) in [5.41, 5.74) is 1.13. The Morgan fingerprint density at radius 3 is 2.61 bits per heavy atom. The Labute approximate surface area is 193 Å². The van der Waals surface area contributed by atoms with E-state index in [1.165, 1.54) is 0 Å². The van der Waals surface area contributed by atoms with E-state index in [4.69, 9.17) is 0 Å². The molecule has 0 atom stereocenters. The van der Waals surface area contributed by atoms with Crippen LogP contribution < -0.4 is 10.6 Å². The first-order valence-corrected chi connectivity index (χ1v) is 11.5. The Hall–Kier alpha value is -0.880. The van der Waals surface area contributed by atoms with E-state index < -0.39 is 0 Å². The summed E-state index contributed by atoms with van der Waals surface area (Å²) in [6, 6.07) is 0. The van der Waals surface area contributed by atoms with E-state index in [1.54, 1.807) is 30.1 Å². The van der Waals surface area contributed by atoms with Gasteiger partial charge in [-0.3, -0.25) is 4.99 Å². The molecule has 10 heteroatoms. The first kappa shape index (κ1) is 25.2. The summed E-state index contributed by atoms with van der Waals surface area (Å²) in [5, 5.41) is 19.6. The lowest BCUT2D eigenvalue weighted by molar-refractivity contribution is 0.477. The number of halogens is 1. The minimum absolute atomic E-state index is 0. The summed E-state index contributed by atoms with van der Waals surface area (Å²) < 4.78 is 2.25. The molecule has 0 aliphatic heterocycles. The zero-order valence-electron chi connectivity index (χ0n) is 17.4. The predicted molar refractivity (Wildman–Crippen MR) is 130 cm³/mol. The van der Waals surface area contributed by atoms with Crippen molar-refractivity contribution in [1.82, 2.24) is 30.4 Å². The largest absolute Gasteiger partial charge is 0.356 e. The van der Waals surface area contributed by atoms with Gasteiger partial charge in [-0.15, -0.1) is 45.5 Å². The number of guanidine groups is 1. The van der Waals surface area contributed by atoms with Gasteiger partial charge in [0.05, 0.1) is 10.7 Å². The second-order valence-electron chi connectivity index (χ2n) is 6.74. The van der Waals surface area contributed by atoms with Gasteiger partial charge in [-0.1, -0.05) is 25.6 Å². The highest BCUT2D eigenvalue weighted by molar-refractivity contribution is 14.0. The summed E-state index contributed by atoms with van der Waals surface area (Å²) in [7, 11) is 1.80. The van der Waals surface area contributed by atoms with Crippen LogP contribution in [0.5, 0.6) is 0 Å². The van der Waals surface area contributed by atoms with Crippen molar-refractivity contribution in [3.05, 3.63) is 21.9 Å². The maximum Gasteiger partial charge on any atom is 0.190 e. The second-order valence-corrected chi connectivity index (χ2v) is 8.58. The molecule has 2 N–H and O–H groups in total. The van der Waals surface area contributed by atoms with Crippen LogP contribution >= 0.6 is 47.1 Å². The van der Waals surface area contributed by atoms with Gasteiger partial charge in [0.2, 0.25) is 0 Å². The molecule has 2 aromatic heterocycles. The van der Waals surface area contributed by atoms with Crippen LogP contribution in [0.2, 0.25) is 0 Å².